The van der Waals surface area contributed by atoms with Crippen molar-refractivity contribution in [2.45, 2.75) is 38.5 Å². The third kappa shape index (κ3) is 3.72. The highest BCUT2D eigenvalue weighted by atomic mass is 19.4. The van der Waals surface area contributed by atoms with E-state index in [-0.39, 0.29) is 17.9 Å². The maximum absolute atomic E-state index is 13.7. The molecule has 0 saturated heterocycles. The summed E-state index contributed by atoms with van der Waals surface area (Å²) in [6.07, 6.45) is -3.40. The van der Waals surface area contributed by atoms with Gasteiger partial charge in [-0.2, -0.15) is 18.3 Å². The number of benzene rings is 1. The number of rotatable bonds is 3. The van der Waals surface area contributed by atoms with Crippen molar-refractivity contribution in [3.63, 3.8) is 0 Å². The van der Waals surface area contributed by atoms with Gasteiger partial charge in [-0.1, -0.05) is 17.7 Å². The normalized spacial score (nSPS) is 18.8. The number of carbonyl (C=O) groups is 1. The van der Waals surface area contributed by atoms with Crippen LogP contribution < -0.4 is 10.6 Å². The van der Waals surface area contributed by atoms with Gasteiger partial charge in [0.05, 0.1) is 12.3 Å². The second kappa shape index (κ2) is 6.98. The molecule has 3 heterocycles. The molecule has 0 spiro atoms. The topological polar surface area (TPSA) is 72.1 Å². The number of aryl methyl sites for hydroxylation is 2. The predicted octanol–water partition coefficient (Wildman–Crippen LogP) is 5.01. The maximum atomic E-state index is 13.7. The van der Waals surface area contributed by atoms with E-state index in [4.69, 9.17) is 4.42 Å². The molecule has 0 radical (unpaired) electrons. The first kappa shape index (κ1) is 19.1. The van der Waals surface area contributed by atoms with Gasteiger partial charge in [0.15, 0.2) is 11.7 Å². The molecule has 1 aromatic carbocycles. The molecule has 2 unspecified atom stereocenters. The Kier molecular flexibility index (Phi) is 4.60. The minimum absolute atomic E-state index is 0.0955. The predicted molar refractivity (Wildman–Crippen MR) is 101 cm³/mol. The molecule has 152 valence electrons. The third-order valence-corrected chi connectivity index (χ3v) is 4.94. The van der Waals surface area contributed by atoms with Crippen LogP contribution >= 0.6 is 0 Å². The van der Waals surface area contributed by atoms with Crippen LogP contribution in [0, 0.1) is 13.8 Å². The third-order valence-electron chi connectivity index (χ3n) is 4.94. The van der Waals surface area contributed by atoms with E-state index in [1.165, 1.54) is 12.3 Å². The lowest BCUT2D eigenvalue weighted by molar-refractivity contribution is -0.174. The number of halogens is 3. The minimum atomic E-state index is -4.52. The number of anilines is 2. The molecule has 1 aliphatic rings. The van der Waals surface area contributed by atoms with Crippen molar-refractivity contribution in [3.8, 4) is 0 Å². The number of amides is 1. The summed E-state index contributed by atoms with van der Waals surface area (Å²) in [5.74, 6) is -0.0603. The van der Waals surface area contributed by atoms with E-state index in [2.05, 4.69) is 15.7 Å². The van der Waals surface area contributed by atoms with E-state index in [0.29, 0.717) is 11.4 Å². The summed E-state index contributed by atoms with van der Waals surface area (Å²) in [4.78, 5) is 12.6. The Morgan fingerprint density at radius 1 is 1.28 bits per heavy atom. The van der Waals surface area contributed by atoms with Gasteiger partial charge < -0.3 is 15.1 Å². The highest BCUT2D eigenvalue weighted by molar-refractivity contribution is 6.03. The van der Waals surface area contributed by atoms with Crippen molar-refractivity contribution in [2.75, 3.05) is 10.6 Å². The summed E-state index contributed by atoms with van der Waals surface area (Å²) in [7, 11) is 0. The number of hydrogen-bond acceptors (Lipinski definition) is 4. The van der Waals surface area contributed by atoms with Gasteiger partial charge >= 0.3 is 6.18 Å². The number of alkyl halides is 3. The zero-order chi connectivity index (χ0) is 20.8. The Labute approximate surface area is 164 Å². The van der Waals surface area contributed by atoms with E-state index in [1.54, 1.807) is 18.2 Å². The van der Waals surface area contributed by atoms with Gasteiger partial charge in [0, 0.05) is 18.2 Å². The fourth-order valence-electron chi connectivity index (χ4n) is 3.50. The number of aromatic nitrogens is 2. The molecule has 0 bridgehead atoms. The highest BCUT2D eigenvalue weighted by Gasteiger charge is 2.47. The Morgan fingerprint density at radius 2 is 2.07 bits per heavy atom. The number of nitrogens with one attached hydrogen (secondary N) is 2. The maximum Gasteiger partial charge on any atom is 0.410 e. The van der Waals surface area contributed by atoms with Crippen LogP contribution in [-0.2, 0) is 0 Å². The van der Waals surface area contributed by atoms with Crippen LogP contribution in [0.3, 0.4) is 0 Å². The Balaban J connectivity index is 1.64. The molecule has 1 amide bonds. The van der Waals surface area contributed by atoms with E-state index in [1.807, 2.05) is 26.0 Å². The van der Waals surface area contributed by atoms with Crippen molar-refractivity contribution in [1.82, 2.24) is 9.78 Å². The fourth-order valence-corrected chi connectivity index (χ4v) is 3.50. The summed E-state index contributed by atoms with van der Waals surface area (Å²) >= 11 is 0. The molecule has 2 atom stereocenters. The van der Waals surface area contributed by atoms with Crippen molar-refractivity contribution in [1.29, 1.82) is 0 Å². The summed E-state index contributed by atoms with van der Waals surface area (Å²) < 4.78 is 47.1. The van der Waals surface area contributed by atoms with E-state index < -0.39 is 24.2 Å². The molecule has 29 heavy (non-hydrogen) atoms. The Bertz CT molecular complexity index is 1040. The van der Waals surface area contributed by atoms with Crippen LogP contribution in [0.5, 0.6) is 0 Å². The van der Waals surface area contributed by atoms with Crippen LogP contribution in [-0.4, -0.2) is 21.9 Å². The lowest BCUT2D eigenvalue weighted by Crippen LogP contribution is -2.35. The van der Waals surface area contributed by atoms with Gasteiger partial charge in [0.2, 0.25) is 0 Å². The first-order valence-corrected chi connectivity index (χ1v) is 9.07. The van der Waals surface area contributed by atoms with Crippen molar-refractivity contribution >= 4 is 17.4 Å². The lowest BCUT2D eigenvalue weighted by atomic mass is 10.0. The highest BCUT2D eigenvalue weighted by Crippen LogP contribution is 2.43. The van der Waals surface area contributed by atoms with Crippen LogP contribution in [0.4, 0.5) is 24.7 Å². The van der Waals surface area contributed by atoms with Gasteiger partial charge in [-0.25, -0.2) is 4.68 Å². The smallest absolute Gasteiger partial charge is 0.410 e. The first-order valence-electron chi connectivity index (χ1n) is 9.07. The summed E-state index contributed by atoms with van der Waals surface area (Å²) in [6.45, 7) is 3.77. The van der Waals surface area contributed by atoms with E-state index in [9.17, 15) is 18.0 Å². The molecule has 4 rings (SSSR count). The summed E-state index contributed by atoms with van der Waals surface area (Å²) in [6, 6.07) is 7.53. The van der Waals surface area contributed by atoms with Gasteiger partial charge in [-0.15, -0.1) is 0 Å². The number of nitrogens with zero attached hydrogens (tertiary/aromatic N) is 2. The number of hydrogen-bond donors (Lipinski definition) is 2. The number of furan rings is 1. The molecule has 0 aliphatic carbocycles. The summed E-state index contributed by atoms with van der Waals surface area (Å²) in [5, 5.41) is 9.65. The number of fused-ring (bicyclic) bond motifs is 1. The SMILES string of the molecule is Cc1ccc(NC(=O)c2cc3n(n2)C(C(F)(F)F)CC(c2ccco2)N3)c(C)c1. The average molecular weight is 404 g/mol. The molecule has 9 heteroatoms. The monoisotopic (exact) mass is 404 g/mol. The van der Waals surface area contributed by atoms with Crippen LogP contribution in [0.2, 0.25) is 0 Å². The fraction of sp³-hybridized carbons (Fsp3) is 0.300. The second-order valence-electron chi connectivity index (χ2n) is 7.14. The Morgan fingerprint density at radius 3 is 2.72 bits per heavy atom. The lowest BCUT2D eigenvalue weighted by Gasteiger charge is -2.32. The summed E-state index contributed by atoms with van der Waals surface area (Å²) in [5.41, 5.74) is 2.38. The van der Waals surface area contributed by atoms with Crippen LogP contribution in [0.15, 0.2) is 47.1 Å². The first-order chi connectivity index (χ1) is 13.7. The molecule has 2 N–H and O–H groups in total. The van der Waals surface area contributed by atoms with Crippen LogP contribution in [0.1, 0.15) is 45.9 Å². The van der Waals surface area contributed by atoms with Gasteiger partial charge in [0.1, 0.15) is 11.6 Å². The molecular weight excluding hydrogens is 385 g/mol. The standard InChI is InChI=1S/C20H19F3N4O2/c1-11-5-6-13(12(2)8-11)25-19(28)15-10-18-24-14(16-4-3-7-29-16)9-17(20(21,22)23)27(18)26-15/h3-8,10,14,17,24H,9H2,1-2H3,(H,25,28). The van der Waals surface area contributed by atoms with Crippen molar-refractivity contribution < 1.29 is 22.4 Å². The minimum Gasteiger partial charge on any atom is -0.467 e. The number of carbonyl (C=O) groups excluding carboxylic acids is 1. The van der Waals surface area contributed by atoms with Gasteiger partial charge in [0.25, 0.3) is 5.91 Å². The molecule has 3 aromatic rings. The van der Waals surface area contributed by atoms with E-state index in [0.717, 1.165) is 15.8 Å². The second-order valence-corrected chi connectivity index (χ2v) is 7.14. The Hall–Kier alpha value is -3.23. The molecule has 0 saturated carbocycles. The molecular formula is C20H19F3N4O2. The largest absolute Gasteiger partial charge is 0.467 e. The van der Waals surface area contributed by atoms with Crippen molar-refractivity contribution in [2.24, 2.45) is 0 Å². The molecule has 0 fully saturated rings. The zero-order valence-corrected chi connectivity index (χ0v) is 15.7. The molecule has 2 aromatic heterocycles. The average Bonchev–Trinajstić information content (AvgIpc) is 3.31. The van der Waals surface area contributed by atoms with Gasteiger partial charge in [-0.3, -0.25) is 4.79 Å². The van der Waals surface area contributed by atoms with Crippen LogP contribution in [0.25, 0.3) is 0 Å². The van der Waals surface area contributed by atoms with Gasteiger partial charge in [-0.05, 0) is 37.6 Å². The van der Waals surface area contributed by atoms with E-state index >= 15 is 0 Å². The molecule has 6 nitrogen and oxygen atoms in total. The molecule has 1 aliphatic heterocycles. The van der Waals surface area contributed by atoms with Crippen molar-refractivity contribution in [3.05, 3.63) is 65.2 Å². The zero-order valence-electron chi connectivity index (χ0n) is 15.7. The quantitative estimate of drug-likeness (QED) is 0.644.